The number of nitrogens with two attached hydrogens (primary N) is 2. The van der Waals surface area contributed by atoms with Crippen molar-refractivity contribution < 1.29 is 24.3 Å². The van der Waals surface area contributed by atoms with Gasteiger partial charge in [-0.2, -0.15) is 4.52 Å². The van der Waals surface area contributed by atoms with Crippen molar-refractivity contribution in [1.29, 1.82) is 0 Å². The zero-order chi connectivity index (χ0) is 33.6. The molecule has 0 radical (unpaired) electrons. The molecule has 7 N–H and O–H groups in total. The van der Waals surface area contributed by atoms with E-state index in [9.17, 15) is 33.9 Å². The van der Waals surface area contributed by atoms with Gasteiger partial charge in [0.15, 0.2) is 11.3 Å². The Balaban J connectivity index is 1.21. The maximum Gasteiger partial charge on any atom is 0.335 e. The Kier molecular flexibility index (Phi) is 7.68. The van der Waals surface area contributed by atoms with Crippen LogP contribution in [0.25, 0.3) is 5.65 Å². The molecule has 0 unspecified atom stereocenters. The van der Waals surface area contributed by atoms with Crippen LogP contribution in [0.4, 0.5) is 11.4 Å². The molecule has 3 aromatic carbocycles. The first kappa shape index (κ1) is 30.6. The third-order valence-electron chi connectivity index (χ3n) is 8.02. The SMILES string of the molecule is Cc1cc(CNC(=O)c2cc(C(=O)NCc3ccc4c(c3)CN(c3c(N)c(=O)c3=O)CC4)n3nnc(C(N)=O)c3n2)ccc1C(=O)O. The number of rotatable bonds is 9. The first-order chi connectivity index (χ1) is 22.4. The van der Waals surface area contributed by atoms with Crippen LogP contribution in [0.5, 0.6) is 0 Å². The standard InChI is InChI=1S/C31H27N9O7/c1-14-8-15(3-5-19(14)31(46)47)11-34-29(44)20-10-21(40-28(36-20)23(27(33)43)37-38-40)30(45)35-12-16-2-4-17-6-7-39(13-18(17)9-16)24-22(32)25(41)26(24)42/h2-5,8-10H,6-7,11-13,32H2,1H3,(H2,33,43)(H,34,44)(H,35,45)(H,46,47). The van der Waals surface area contributed by atoms with Crippen LogP contribution in [0, 0.1) is 6.92 Å². The lowest BCUT2D eigenvalue weighted by Gasteiger charge is -2.32. The monoisotopic (exact) mass is 637 g/mol. The van der Waals surface area contributed by atoms with Crippen LogP contribution in [-0.2, 0) is 26.1 Å². The molecule has 3 heterocycles. The number of hydrogen-bond acceptors (Lipinski definition) is 11. The number of nitrogens with zero attached hydrogens (tertiary/aromatic N) is 5. The van der Waals surface area contributed by atoms with Gasteiger partial charge in [-0.1, -0.05) is 35.5 Å². The number of amides is 3. The maximum atomic E-state index is 13.4. The predicted octanol–water partition coefficient (Wildman–Crippen LogP) is -0.169. The Labute approximate surface area is 264 Å². The van der Waals surface area contributed by atoms with Gasteiger partial charge in [-0.15, -0.1) is 5.10 Å². The second-order valence-electron chi connectivity index (χ2n) is 11.1. The molecular formula is C31H27N9O7. The Morgan fingerprint density at radius 2 is 1.64 bits per heavy atom. The lowest BCUT2D eigenvalue weighted by molar-refractivity contribution is 0.0695. The Hall–Kier alpha value is -6.45. The summed E-state index contributed by atoms with van der Waals surface area (Å²) < 4.78 is 1.01. The van der Waals surface area contributed by atoms with E-state index in [0.29, 0.717) is 30.6 Å². The second-order valence-corrected chi connectivity index (χ2v) is 11.1. The van der Waals surface area contributed by atoms with Gasteiger partial charge in [-0.3, -0.25) is 24.0 Å². The Bertz CT molecular complexity index is 2220. The summed E-state index contributed by atoms with van der Waals surface area (Å²) in [6.07, 6.45) is 0.641. The highest BCUT2D eigenvalue weighted by atomic mass is 16.4. The van der Waals surface area contributed by atoms with Crippen LogP contribution in [-0.4, -0.2) is 55.2 Å². The highest BCUT2D eigenvalue weighted by molar-refractivity contribution is 6.01. The molecule has 16 heteroatoms. The molecule has 0 spiro atoms. The normalized spacial score (nSPS) is 12.6. The molecule has 0 bridgehead atoms. The van der Waals surface area contributed by atoms with Gasteiger partial charge in [0.05, 0.1) is 5.56 Å². The van der Waals surface area contributed by atoms with Gasteiger partial charge in [-0.25, -0.2) is 9.78 Å². The summed E-state index contributed by atoms with van der Waals surface area (Å²) in [6, 6.07) is 11.5. The van der Waals surface area contributed by atoms with Gasteiger partial charge < -0.3 is 32.1 Å². The van der Waals surface area contributed by atoms with Crippen molar-refractivity contribution in [2.75, 3.05) is 17.2 Å². The number of hydrogen-bond donors (Lipinski definition) is 5. The Morgan fingerprint density at radius 3 is 2.32 bits per heavy atom. The highest BCUT2D eigenvalue weighted by Gasteiger charge is 2.27. The number of carbonyl (C=O) groups is 4. The van der Waals surface area contributed by atoms with E-state index < -0.39 is 34.5 Å². The topological polar surface area (TPSA) is 245 Å². The third kappa shape index (κ3) is 5.63. The molecule has 0 saturated heterocycles. The lowest BCUT2D eigenvalue weighted by atomic mass is 9.96. The molecular weight excluding hydrogens is 610 g/mol. The van der Waals surface area contributed by atoms with Gasteiger partial charge in [-0.05, 0) is 47.2 Å². The molecule has 1 aliphatic heterocycles. The molecule has 5 aromatic rings. The van der Waals surface area contributed by atoms with E-state index in [0.717, 1.165) is 21.2 Å². The highest BCUT2D eigenvalue weighted by Crippen LogP contribution is 2.26. The van der Waals surface area contributed by atoms with Gasteiger partial charge >= 0.3 is 5.97 Å². The van der Waals surface area contributed by atoms with Gasteiger partial charge in [0, 0.05) is 32.2 Å². The molecule has 47 heavy (non-hydrogen) atoms. The number of anilines is 2. The summed E-state index contributed by atoms with van der Waals surface area (Å²) in [5.74, 6) is -3.36. The number of nitrogens with one attached hydrogen (secondary N) is 2. The van der Waals surface area contributed by atoms with E-state index in [-0.39, 0.29) is 52.8 Å². The van der Waals surface area contributed by atoms with E-state index in [1.54, 1.807) is 24.0 Å². The fraction of sp³-hybridized carbons (Fsp3) is 0.194. The maximum absolute atomic E-state index is 13.4. The fourth-order valence-corrected chi connectivity index (χ4v) is 5.56. The summed E-state index contributed by atoms with van der Waals surface area (Å²) >= 11 is 0. The predicted molar refractivity (Wildman–Crippen MR) is 167 cm³/mol. The van der Waals surface area contributed by atoms with Crippen LogP contribution >= 0.6 is 0 Å². The van der Waals surface area contributed by atoms with Crippen molar-refractivity contribution in [1.82, 2.24) is 30.4 Å². The average Bonchev–Trinajstić information content (AvgIpc) is 3.50. The minimum absolute atomic E-state index is 0.0260. The lowest BCUT2D eigenvalue weighted by Crippen LogP contribution is -2.44. The summed E-state index contributed by atoms with van der Waals surface area (Å²) in [4.78, 5) is 79.5. The molecule has 16 nitrogen and oxygen atoms in total. The zero-order valence-corrected chi connectivity index (χ0v) is 24.9. The summed E-state index contributed by atoms with van der Waals surface area (Å²) in [7, 11) is 0. The van der Waals surface area contributed by atoms with Crippen molar-refractivity contribution in [3.8, 4) is 0 Å². The molecule has 0 fully saturated rings. The second kappa shape index (κ2) is 11.8. The zero-order valence-electron chi connectivity index (χ0n) is 24.9. The van der Waals surface area contributed by atoms with E-state index in [1.165, 1.54) is 12.1 Å². The largest absolute Gasteiger partial charge is 0.478 e. The molecule has 0 saturated carbocycles. The van der Waals surface area contributed by atoms with Crippen molar-refractivity contribution in [2.24, 2.45) is 5.73 Å². The molecule has 3 amide bonds. The molecule has 2 aromatic heterocycles. The van der Waals surface area contributed by atoms with E-state index in [4.69, 9.17) is 11.5 Å². The van der Waals surface area contributed by atoms with Crippen molar-refractivity contribution in [2.45, 2.75) is 33.0 Å². The number of benzene rings is 2. The summed E-state index contributed by atoms with van der Waals surface area (Å²) in [5, 5.41) is 22.3. The molecule has 0 aliphatic carbocycles. The Morgan fingerprint density at radius 1 is 0.936 bits per heavy atom. The number of nitrogen functional groups attached to an aromatic ring is 1. The van der Waals surface area contributed by atoms with Crippen LogP contribution < -0.4 is 37.9 Å². The number of carboxylic acid groups (broad SMARTS) is 1. The number of fused-ring (bicyclic) bond motifs is 2. The summed E-state index contributed by atoms with van der Waals surface area (Å²) in [6.45, 7) is 2.64. The van der Waals surface area contributed by atoms with Crippen molar-refractivity contribution in [3.63, 3.8) is 0 Å². The smallest absolute Gasteiger partial charge is 0.335 e. The van der Waals surface area contributed by atoms with Crippen molar-refractivity contribution in [3.05, 3.63) is 113 Å². The molecule has 1 aliphatic rings. The minimum atomic E-state index is -1.07. The van der Waals surface area contributed by atoms with Crippen LogP contribution in [0.2, 0.25) is 0 Å². The number of carbonyl (C=O) groups excluding carboxylic acids is 3. The number of aryl methyl sites for hydroxylation is 1. The molecule has 238 valence electrons. The van der Waals surface area contributed by atoms with E-state index >= 15 is 0 Å². The first-order valence-electron chi connectivity index (χ1n) is 14.3. The molecule has 0 atom stereocenters. The summed E-state index contributed by atoms with van der Waals surface area (Å²) in [5.41, 5.74) is 13.2. The minimum Gasteiger partial charge on any atom is -0.478 e. The first-order valence-corrected chi connectivity index (χ1v) is 14.3. The number of aromatic carboxylic acids is 1. The van der Waals surface area contributed by atoms with Crippen LogP contribution in [0.15, 0.2) is 52.1 Å². The van der Waals surface area contributed by atoms with Gasteiger partial charge in [0.25, 0.3) is 28.6 Å². The quantitative estimate of drug-likeness (QED) is 0.132. The van der Waals surface area contributed by atoms with Gasteiger partial charge in [0.2, 0.25) is 0 Å². The van der Waals surface area contributed by atoms with Gasteiger partial charge in [0.1, 0.15) is 22.8 Å². The van der Waals surface area contributed by atoms with Crippen molar-refractivity contribution >= 4 is 40.7 Å². The number of carboxylic acids is 1. The third-order valence-corrected chi connectivity index (χ3v) is 8.02. The number of primary amides is 1. The number of aromatic nitrogens is 4. The van der Waals surface area contributed by atoms with Crippen LogP contribution in [0.3, 0.4) is 0 Å². The van der Waals surface area contributed by atoms with Crippen LogP contribution in [0.1, 0.15) is 69.6 Å². The average molecular weight is 638 g/mol. The molecule has 6 rings (SSSR count). The fourth-order valence-electron chi connectivity index (χ4n) is 5.56. The van der Waals surface area contributed by atoms with E-state index in [2.05, 4.69) is 25.9 Å². The van der Waals surface area contributed by atoms with E-state index in [1.807, 2.05) is 18.2 Å².